The minimum Gasteiger partial charge on any atom is -0.444 e. The predicted molar refractivity (Wildman–Crippen MR) is 204 cm³/mol. The van der Waals surface area contributed by atoms with Gasteiger partial charge in [0.15, 0.2) is 0 Å². The average Bonchev–Trinajstić information content (AvgIpc) is 4.03. The van der Waals surface area contributed by atoms with Crippen LogP contribution in [0.4, 0.5) is 15.3 Å². The third kappa shape index (κ3) is 8.93. The Morgan fingerprint density at radius 3 is 2.52 bits per heavy atom. The average molecular weight is 799 g/mol. The van der Waals surface area contributed by atoms with E-state index in [2.05, 4.69) is 20.3 Å². The Labute approximate surface area is 328 Å². The summed E-state index contributed by atoms with van der Waals surface area (Å²) in [7, 11) is -3.91. The SMILES string of the molecule is CC(C)(C)OC(=O)N[C@H]1CCCCC/C=C\[C@H]2C[C@@]2(C(=O)NS(=O)(=O)C2CC2)NC(=O)[C@@H]2C[C@@H](OC(=O)N3Cc4cccc(N5CCOCC5)c4C3)CN2C1=O. The van der Waals surface area contributed by atoms with E-state index in [1.807, 2.05) is 30.4 Å². The van der Waals surface area contributed by atoms with Crippen molar-refractivity contribution in [2.24, 2.45) is 5.92 Å². The highest BCUT2D eigenvalue weighted by Gasteiger charge is 2.62. The van der Waals surface area contributed by atoms with Crippen LogP contribution in [-0.4, -0.2) is 116 Å². The predicted octanol–water partition coefficient (Wildman–Crippen LogP) is 2.84. The van der Waals surface area contributed by atoms with Crippen LogP contribution < -0.4 is 20.3 Å². The first-order chi connectivity index (χ1) is 26.6. The number of sulfonamides is 1. The first kappa shape index (κ1) is 39.8. The number of benzene rings is 1. The van der Waals surface area contributed by atoms with Crippen molar-refractivity contribution in [2.45, 2.75) is 126 Å². The summed E-state index contributed by atoms with van der Waals surface area (Å²) in [6.45, 7) is 8.42. The van der Waals surface area contributed by atoms with Gasteiger partial charge in [-0.25, -0.2) is 18.0 Å². The fourth-order valence-corrected chi connectivity index (χ4v) is 9.51. The van der Waals surface area contributed by atoms with Crippen LogP contribution in [0.1, 0.15) is 89.7 Å². The molecule has 5 atom stereocenters. The molecule has 5 amide bonds. The summed E-state index contributed by atoms with van der Waals surface area (Å²) >= 11 is 0. The molecule has 2 saturated carbocycles. The van der Waals surface area contributed by atoms with Gasteiger partial charge in [0.2, 0.25) is 21.8 Å². The molecule has 2 aliphatic carbocycles. The number of hydrogen-bond donors (Lipinski definition) is 3. The van der Waals surface area contributed by atoms with Crippen LogP contribution in [0.5, 0.6) is 0 Å². The number of allylic oxidation sites excluding steroid dienone is 1. The highest BCUT2D eigenvalue weighted by molar-refractivity contribution is 7.91. The van der Waals surface area contributed by atoms with E-state index >= 15 is 0 Å². The van der Waals surface area contributed by atoms with E-state index in [1.54, 1.807) is 25.7 Å². The molecule has 17 heteroatoms. The van der Waals surface area contributed by atoms with Crippen molar-refractivity contribution in [3.8, 4) is 0 Å². The zero-order chi connectivity index (χ0) is 39.8. The summed E-state index contributed by atoms with van der Waals surface area (Å²) in [6.07, 6.45) is 5.63. The number of amides is 5. The van der Waals surface area contributed by atoms with Crippen LogP contribution >= 0.6 is 0 Å². The summed E-state index contributed by atoms with van der Waals surface area (Å²) in [6, 6.07) is 3.77. The highest BCUT2D eigenvalue weighted by Crippen LogP contribution is 2.46. The van der Waals surface area contributed by atoms with E-state index in [4.69, 9.17) is 14.2 Å². The third-order valence-electron chi connectivity index (χ3n) is 11.4. The van der Waals surface area contributed by atoms with Gasteiger partial charge < -0.3 is 34.6 Å². The molecule has 1 aromatic carbocycles. The van der Waals surface area contributed by atoms with Crippen molar-refractivity contribution in [1.82, 2.24) is 25.2 Å². The number of fused-ring (bicyclic) bond motifs is 3. The molecule has 6 aliphatic rings. The quantitative estimate of drug-likeness (QED) is 0.359. The number of ether oxygens (including phenoxy) is 3. The van der Waals surface area contributed by atoms with Gasteiger partial charge in [0.05, 0.1) is 31.6 Å². The van der Waals surface area contributed by atoms with Gasteiger partial charge in [-0.1, -0.05) is 37.1 Å². The number of rotatable bonds is 6. The lowest BCUT2D eigenvalue weighted by Gasteiger charge is -2.30. The summed E-state index contributed by atoms with van der Waals surface area (Å²) in [5, 5.41) is 4.91. The Bertz CT molecular complexity index is 1860. The maximum absolute atomic E-state index is 14.5. The number of hydrogen-bond acceptors (Lipinski definition) is 11. The van der Waals surface area contributed by atoms with Crippen LogP contribution in [0.15, 0.2) is 30.4 Å². The molecule has 4 heterocycles. The normalized spacial score (nSPS) is 29.1. The van der Waals surface area contributed by atoms with Crippen LogP contribution in [0.3, 0.4) is 0 Å². The second kappa shape index (κ2) is 15.9. The van der Waals surface area contributed by atoms with E-state index in [0.717, 1.165) is 42.7 Å². The van der Waals surface area contributed by atoms with E-state index in [0.29, 0.717) is 52.0 Å². The molecule has 4 fully saturated rings. The lowest BCUT2D eigenvalue weighted by atomic mass is 10.0. The standard InChI is InChI=1S/C39H54N6O10S/c1-38(2,3)55-36(49)40-30-12-8-6-4-5-7-11-26-21-39(26,35(48)42-56(51,52)28-14-15-28)41-33(46)32-20-27(23-45(32)34(30)47)54-37(50)44-22-25-10-9-13-31(29(25)24-44)43-16-18-53-19-17-43/h7,9-11,13,26-28,30,32H,4-6,8,12,14-24H2,1-3H3,(H,40,49)(H,41,46)(H,42,48)/b11-7-/t26-,27+,30-,32-,39+/m0/s1. The fourth-order valence-electron chi connectivity index (χ4n) is 8.15. The zero-order valence-electron chi connectivity index (χ0n) is 32.4. The zero-order valence-corrected chi connectivity index (χ0v) is 33.2. The third-order valence-corrected chi connectivity index (χ3v) is 13.2. The van der Waals surface area contributed by atoms with Crippen LogP contribution in [0, 0.1) is 5.92 Å². The molecule has 0 spiro atoms. The number of anilines is 1. The molecule has 2 saturated heterocycles. The smallest absolute Gasteiger partial charge is 0.410 e. The first-order valence-corrected chi connectivity index (χ1v) is 21.4. The molecular weight excluding hydrogens is 745 g/mol. The monoisotopic (exact) mass is 798 g/mol. The van der Waals surface area contributed by atoms with Gasteiger partial charge in [0.1, 0.15) is 29.3 Å². The number of carbonyl (C=O) groups is 5. The molecule has 56 heavy (non-hydrogen) atoms. The van der Waals surface area contributed by atoms with E-state index < -0.39 is 80.4 Å². The molecule has 0 radical (unpaired) electrons. The Hall–Kier alpha value is -4.38. The molecule has 0 aromatic heterocycles. The van der Waals surface area contributed by atoms with Gasteiger partial charge in [-0.15, -0.1) is 0 Å². The Kier molecular flexibility index (Phi) is 11.3. The van der Waals surface area contributed by atoms with E-state index in [9.17, 15) is 32.4 Å². The number of carbonyl (C=O) groups excluding carboxylic acids is 5. The van der Waals surface area contributed by atoms with Gasteiger partial charge in [-0.3, -0.25) is 24.0 Å². The van der Waals surface area contributed by atoms with Gasteiger partial charge in [-0.05, 0) is 76.5 Å². The second-order valence-electron chi connectivity index (χ2n) is 16.8. The molecule has 7 rings (SSSR count). The minimum atomic E-state index is -3.91. The van der Waals surface area contributed by atoms with Crippen molar-refractivity contribution in [3.63, 3.8) is 0 Å². The largest absolute Gasteiger partial charge is 0.444 e. The van der Waals surface area contributed by atoms with Crippen molar-refractivity contribution >= 4 is 45.6 Å². The van der Waals surface area contributed by atoms with E-state index in [1.165, 1.54) is 4.90 Å². The van der Waals surface area contributed by atoms with Crippen molar-refractivity contribution in [1.29, 1.82) is 0 Å². The minimum absolute atomic E-state index is 0.0686. The van der Waals surface area contributed by atoms with Crippen LogP contribution in [0.25, 0.3) is 0 Å². The van der Waals surface area contributed by atoms with Gasteiger partial charge in [-0.2, -0.15) is 0 Å². The topological polar surface area (TPSA) is 193 Å². The fraction of sp³-hybridized carbons (Fsp3) is 0.667. The molecule has 4 aliphatic heterocycles. The molecule has 1 aromatic rings. The highest BCUT2D eigenvalue weighted by atomic mass is 32.2. The summed E-state index contributed by atoms with van der Waals surface area (Å²) in [4.78, 5) is 74.4. The number of nitrogens with one attached hydrogen (secondary N) is 3. The Morgan fingerprint density at radius 2 is 1.79 bits per heavy atom. The molecule has 306 valence electrons. The summed E-state index contributed by atoms with van der Waals surface area (Å²) in [5.74, 6) is -2.49. The molecule has 3 N–H and O–H groups in total. The van der Waals surface area contributed by atoms with Crippen molar-refractivity contribution in [2.75, 3.05) is 37.7 Å². The number of nitrogens with zero attached hydrogens (tertiary/aromatic N) is 3. The second-order valence-corrected chi connectivity index (χ2v) is 18.8. The lowest BCUT2D eigenvalue weighted by molar-refractivity contribution is -0.141. The van der Waals surface area contributed by atoms with Crippen molar-refractivity contribution in [3.05, 3.63) is 41.5 Å². The Balaban J connectivity index is 1.12. The number of alkyl carbamates (subject to hydrolysis) is 1. The maximum Gasteiger partial charge on any atom is 0.410 e. The first-order valence-electron chi connectivity index (χ1n) is 19.9. The lowest BCUT2D eigenvalue weighted by Crippen LogP contribution is -2.58. The number of morpholine rings is 1. The maximum atomic E-state index is 14.5. The molecular formula is C39H54N6O10S. The molecule has 16 nitrogen and oxygen atoms in total. The Morgan fingerprint density at radius 1 is 1.02 bits per heavy atom. The van der Waals surface area contributed by atoms with Crippen LogP contribution in [-0.2, 0) is 51.7 Å². The van der Waals surface area contributed by atoms with Crippen molar-refractivity contribution < 1.29 is 46.6 Å². The molecule has 0 bridgehead atoms. The summed E-state index contributed by atoms with van der Waals surface area (Å²) in [5.41, 5.74) is 0.740. The van der Waals surface area contributed by atoms with E-state index in [-0.39, 0.29) is 25.8 Å². The molecule has 0 unspecified atom stereocenters. The van der Waals surface area contributed by atoms with Gasteiger partial charge in [0, 0.05) is 37.7 Å². The summed E-state index contributed by atoms with van der Waals surface area (Å²) < 4.78 is 44.9. The van der Waals surface area contributed by atoms with Crippen LogP contribution in [0.2, 0.25) is 0 Å². The van der Waals surface area contributed by atoms with Gasteiger partial charge >= 0.3 is 12.2 Å². The van der Waals surface area contributed by atoms with Gasteiger partial charge in [0.25, 0.3) is 5.91 Å².